The molecule has 0 radical (unpaired) electrons. The molecule has 0 aliphatic carbocycles. The van der Waals surface area contributed by atoms with Crippen LogP contribution < -0.4 is 10.6 Å². The van der Waals surface area contributed by atoms with Crippen LogP contribution in [0.15, 0.2) is 64.8 Å². The van der Waals surface area contributed by atoms with E-state index in [9.17, 15) is 8.42 Å². The molecule has 0 atom stereocenters. The quantitative estimate of drug-likeness (QED) is 0.807. The molecule has 18 heavy (non-hydrogen) atoms. The largest absolute Gasteiger partial charge is 0.249 e. The van der Waals surface area contributed by atoms with E-state index in [0.29, 0.717) is 0 Å². The average molecular weight is 279 g/mol. The fourth-order valence-electron chi connectivity index (χ4n) is 1.63. The van der Waals surface area contributed by atoms with Gasteiger partial charge in [-0.2, -0.15) is 4.15 Å². The molecule has 3 nitrogen and oxygen atoms in total. The van der Waals surface area contributed by atoms with Crippen molar-refractivity contribution in [3.8, 4) is 0 Å². The lowest BCUT2D eigenvalue weighted by molar-refractivity contribution is 0.604. The molecule has 0 bridgehead atoms. The average Bonchev–Trinajstić information content (AvgIpc) is 2.37. The first-order valence-corrected chi connectivity index (χ1v) is 8.76. The highest BCUT2D eigenvalue weighted by Gasteiger charge is 2.07. The number of hydrogen-bond donors (Lipinski definition) is 0. The van der Waals surface area contributed by atoms with Gasteiger partial charge in [-0.3, -0.25) is 0 Å². The van der Waals surface area contributed by atoms with Crippen molar-refractivity contribution < 1.29 is 8.42 Å². The third kappa shape index (κ3) is 3.56. The fraction of sp³-hybridized carbons (Fsp3) is 0.0769. The first-order valence-electron chi connectivity index (χ1n) is 5.47. The van der Waals surface area contributed by atoms with Crippen molar-refractivity contribution in [3.63, 3.8) is 0 Å². The minimum Gasteiger partial charge on any atom is -0.205 e. The molecule has 0 aliphatic heterocycles. The molecule has 2 aromatic rings. The monoisotopic (exact) mass is 279 g/mol. The molecule has 5 heteroatoms. The van der Waals surface area contributed by atoms with Gasteiger partial charge in [-0.1, -0.05) is 60.7 Å². The van der Waals surface area contributed by atoms with Crippen LogP contribution in [0, 0.1) is 0 Å². The second-order valence-corrected chi connectivity index (χ2v) is 7.95. The summed E-state index contributed by atoms with van der Waals surface area (Å²) in [5, 5.41) is 1.94. The Bertz CT molecular complexity index is 610. The lowest BCUT2D eigenvalue weighted by atomic mass is 10.4. The van der Waals surface area contributed by atoms with Crippen LogP contribution in [0.3, 0.4) is 0 Å². The van der Waals surface area contributed by atoms with Crippen LogP contribution in [0.2, 0.25) is 0 Å². The molecule has 0 aliphatic rings. The summed E-state index contributed by atoms with van der Waals surface area (Å²) in [6.07, 6.45) is 1.14. The third-order valence-corrected chi connectivity index (χ3v) is 6.17. The summed E-state index contributed by atoms with van der Waals surface area (Å²) in [5.74, 6) is 0. The Hall–Kier alpha value is -1.38. The van der Waals surface area contributed by atoms with E-state index in [1.807, 2.05) is 60.7 Å². The Kier molecular flexibility index (Phi) is 4.00. The van der Waals surface area contributed by atoms with E-state index in [0.717, 1.165) is 16.9 Å². The van der Waals surface area contributed by atoms with Gasteiger partial charge >= 0.3 is 0 Å². The van der Waals surface area contributed by atoms with Crippen LogP contribution in [-0.4, -0.2) is 14.7 Å². The molecule has 0 N–H and O–H groups in total. The van der Waals surface area contributed by atoms with Crippen molar-refractivity contribution in [1.82, 2.24) is 0 Å². The van der Waals surface area contributed by atoms with Gasteiger partial charge in [0.2, 0.25) is 10.0 Å². The first kappa shape index (κ1) is 13.1. The zero-order valence-electron chi connectivity index (χ0n) is 9.95. The molecule has 2 aromatic carbocycles. The van der Waals surface area contributed by atoms with E-state index in [4.69, 9.17) is 0 Å². The van der Waals surface area contributed by atoms with Crippen molar-refractivity contribution in [2.45, 2.75) is 0 Å². The molecule has 0 fully saturated rings. The molecular formula is C13H14NO2PS. The summed E-state index contributed by atoms with van der Waals surface area (Å²) in [4.78, 5) is 0. The van der Waals surface area contributed by atoms with E-state index in [2.05, 4.69) is 4.15 Å². The Morgan fingerprint density at radius 1 is 0.833 bits per heavy atom. The molecule has 0 saturated carbocycles. The molecule has 2 rings (SSSR count). The van der Waals surface area contributed by atoms with Gasteiger partial charge in [-0.05, 0) is 10.6 Å². The van der Waals surface area contributed by atoms with Crippen molar-refractivity contribution >= 4 is 28.3 Å². The van der Waals surface area contributed by atoms with Gasteiger partial charge in [0.1, 0.15) is 0 Å². The van der Waals surface area contributed by atoms with E-state index in [1.165, 1.54) is 0 Å². The Morgan fingerprint density at radius 3 is 1.56 bits per heavy atom. The zero-order valence-corrected chi connectivity index (χ0v) is 11.8. The number of rotatable bonds is 3. The molecule has 0 amide bonds. The molecule has 94 valence electrons. The Balaban J connectivity index is 2.60. The second kappa shape index (κ2) is 5.51. The van der Waals surface area contributed by atoms with Crippen molar-refractivity contribution in [1.29, 1.82) is 0 Å². The van der Waals surface area contributed by atoms with Gasteiger partial charge in [0, 0.05) is 7.71 Å². The van der Waals surface area contributed by atoms with Crippen molar-refractivity contribution in [2.75, 3.05) is 6.26 Å². The number of hydrogen-bond acceptors (Lipinski definition) is 2. The summed E-state index contributed by atoms with van der Waals surface area (Å²) in [7, 11) is -4.97. The maximum absolute atomic E-state index is 11.4. The summed E-state index contributed by atoms with van der Waals surface area (Å²) < 4.78 is 26.9. The van der Waals surface area contributed by atoms with Gasteiger partial charge in [0.25, 0.3) is 0 Å². The number of sulfonamides is 1. The topological polar surface area (TPSA) is 46.5 Å². The third-order valence-electron chi connectivity index (χ3n) is 2.35. The van der Waals surface area contributed by atoms with Crippen LogP contribution in [-0.2, 0) is 10.0 Å². The normalized spacial score (nSPS) is 11.4. The molecule has 0 aromatic heterocycles. The van der Waals surface area contributed by atoms with E-state index < -0.39 is 17.7 Å². The lowest BCUT2D eigenvalue weighted by Crippen LogP contribution is -2.07. The first-order chi connectivity index (χ1) is 8.56. The maximum Gasteiger partial charge on any atom is 0.249 e. The highest BCUT2D eigenvalue weighted by atomic mass is 32.2. The standard InChI is InChI=1S/C13H14NO2PS/c1-18(15,16)14-17(12-8-4-2-5-9-12)13-10-6-3-7-11-13/h2-11,17H,1H3. The highest BCUT2D eigenvalue weighted by molar-refractivity contribution is 7.93. The van der Waals surface area contributed by atoms with Crippen LogP contribution >= 0.6 is 7.71 Å². The molecule has 0 spiro atoms. The minimum absolute atomic E-state index is 0.971. The maximum atomic E-state index is 11.4. The molecule has 0 saturated heterocycles. The van der Waals surface area contributed by atoms with E-state index in [-0.39, 0.29) is 0 Å². The Labute approximate surface area is 108 Å². The van der Waals surface area contributed by atoms with E-state index in [1.54, 1.807) is 0 Å². The van der Waals surface area contributed by atoms with Gasteiger partial charge in [-0.15, -0.1) is 0 Å². The summed E-state index contributed by atoms with van der Waals surface area (Å²) >= 11 is 0. The van der Waals surface area contributed by atoms with Gasteiger partial charge in [-0.25, -0.2) is 8.42 Å². The summed E-state index contributed by atoms with van der Waals surface area (Å²) in [6, 6.07) is 19.1. The lowest BCUT2D eigenvalue weighted by Gasteiger charge is -2.07. The van der Waals surface area contributed by atoms with Crippen LogP contribution in [0.4, 0.5) is 0 Å². The highest BCUT2D eigenvalue weighted by Crippen LogP contribution is 2.25. The molecule has 0 heterocycles. The summed E-state index contributed by atoms with van der Waals surface area (Å²) in [6.45, 7) is 0. The fourth-order valence-corrected chi connectivity index (χ4v) is 5.15. The smallest absolute Gasteiger partial charge is 0.205 e. The van der Waals surface area contributed by atoms with Crippen LogP contribution in [0.1, 0.15) is 0 Å². The van der Waals surface area contributed by atoms with Gasteiger partial charge < -0.3 is 0 Å². The molecular weight excluding hydrogens is 265 g/mol. The van der Waals surface area contributed by atoms with Crippen molar-refractivity contribution in [2.24, 2.45) is 4.15 Å². The predicted octanol–water partition coefficient (Wildman–Crippen LogP) is 1.99. The second-order valence-electron chi connectivity index (χ2n) is 3.90. The minimum atomic E-state index is -3.35. The number of nitrogens with zero attached hydrogens (tertiary/aromatic N) is 1. The summed E-state index contributed by atoms with van der Waals surface area (Å²) in [5.41, 5.74) is 0. The SMILES string of the molecule is CS(=O)(=O)N=[PH](c1ccccc1)c1ccccc1. The van der Waals surface area contributed by atoms with Crippen LogP contribution in [0.25, 0.3) is 0 Å². The van der Waals surface area contributed by atoms with Crippen molar-refractivity contribution in [3.05, 3.63) is 60.7 Å². The van der Waals surface area contributed by atoms with E-state index >= 15 is 0 Å². The number of benzene rings is 2. The van der Waals surface area contributed by atoms with Gasteiger partial charge in [0.15, 0.2) is 0 Å². The Morgan fingerprint density at radius 2 is 1.22 bits per heavy atom. The zero-order chi connectivity index (χ0) is 13.0. The van der Waals surface area contributed by atoms with Crippen LogP contribution in [0.5, 0.6) is 0 Å². The van der Waals surface area contributed by atoms with Gasteiger partial charge in [0.05, 0.1) is 6.26 Å². The molecule has 0 unspecified atom stereocenters. The predicted molar refractivity (Wildman–Crippen MR) is 77.7 cm³/mol.